The molecule has 0 aromatic heterocycles. The van der Waals surface area contributed by atoms with E-state index in [1.54, 1.807) is 6.07 Å². The number of nitrogens with one attached hydrogen (secondary N) is 1. The number of aromatic hydroxyl groups is 1. The summed E-state index contributed by atoms with van der Waals surface area (Å²) in [5.74, 6) is -0.593. The van der Waals surface area contributed by atoms with Crippen molar-refractivity contribution in [2.24, 2.45) is 0 Å². The molecule has 0 saturated heterocycles. The van der Waals surface area contributed by atoms with E-state index in [0.717, 1.165) is 28.3 Å². The number of carbonyl (C=O) groups is 2. The lowest BCUT2D eigenvalue weighted by Crippen LogP contribution is -2.43. The van der Waals surface area contributed by atoms with Crippen LogP contribution in [-0.2, 0) is 22.4 Å². The first kappa shape index (κ1) is 25.1. The van der Waals surface area contributed by atoms with Gasteiger partial charge in [-0.25, -0.2) is 4.79 Å². The van der Waals surface area contributed by atoms with Crippen molar-refractivity contribution in [3.63, 3.8) is 0 Å². The van der Waals surface area contributed by atoms with Crippen molar-refractivity contribution < 1.29 is 24.2 Å². The number of benzene rings is 4. The van der Waals surface area contributed by atoms with Crippen molar-refractivity contribution in [2.75, 3.05) is 13.7 Å². The maximum Gasteiger partial charge on any atom is 0.328 e. The smallest absolute Gasteiger partial charge is 0.328 e. The molecule has 4 rings (SSSR count). The fourth-order valence-electron chi connectivity index (χ4n) is 3.88. The number of halogens is 1. The van der Waals surface area contributed by atoms with Gasteiger partial charge in [0.05, 0.1) is 19.3 Å². The van der Waals surface area contributed by atoms with Gasteiger partial charge in [-0.1, -0.05) is 60.1 Å². The topological polar surface area (TPSA) is 84.9 Å². The Balaban J connectivity index is 1.39. The maximum absolute atomic E-state index is 12.9. The highest BCUT2D eigenvalue weighted by atomic mass is 35.5. The number of amides is 1. The quantitative estimate of drug-likeness (QED) is 0.301. The molecule has 0 bridgehead atoms. The van der Waals surface area contributed by atoms with Gasteiger partial charge >= 0.3 is 5.97 Å². The second-order valence-electron chi connectivity index (χ2n) is 8.34. The van der Waals surface area contributed by atoms with Crippen molar-refractivity contribution in [2.45, 2.75) is 18.9 Å². The van der Waals surface area contributed by atoms with E-state index in [1.807, 2.05) is 72.8 Å². The Kier molecular flexibility index (Phi) is 8.08. The number of phenols is 1. The third-order valence-electron chi connectivity index (χ3n) is 5.84. The number of fused-ring (bicyclic) bond motifs is 1. The Bertz CT molecular complexity index is 1350. The Morgan fingerprint density at radius 2 is 1.56 bits per heavy atom. The van der Waals surface area contributed by atoms with E-state index in [-0.39, 0.29) is 17.7 Å². The lowest BCUT2D eigenvalue weighted by Gasteiger charge is -2.17. The number of hydrogen-bond donors (Lipinski definition) is 2. The summed E-state index contributed by atoms with van der Waals surface area (Å²) in [4.78, 5) is 25.3. The average Bonchev–Trinajstić information content (AvgIpc) is 2.89. The molecule has 0 saturated carbocycles. The van der Waals surface area contributed by atoms with Gasteiger partial charge in [0.2, 0.25) is 0 Å². The van der Waals surface area contributed by atoms with E-state index < -0.39 is 17.9 Å². The van der Waals surface area contributed by atoms with Gasteiger partial charge in [-0.05, 0) is 58.3 Å². The zero-order valence-electron chi connectivity index (χ0n) is 19.7. The van der Waals surface area contributed by atoms with E-state index in [2.05, 4.69) is 5.32 Å². The summed E-state index contributed by atoms with van der Waals surface area (Å²) in [5, 5.41) is 15.4. The zero-order chi connectivity index (χ0) is 25.5. The molecule has 0 aliphatic rings. The number of rotatable bonds is 9. The molecule has 1 atom stereocenters. The van der Waals surface area contributed by atoms with Gasteiger partial charge < -0.3 is 19.9 Å². The van der Waals surface area contributed by atoms with Gasteiger partial charge in [0.1, 0.15) is 17.5 Å². The van der Waals surface area contributed by atoms with Gasteiger partial charge in [0.25, 0.3) is 5.91 Å². The van der Waals surface area contributed by atoms with E-state index in [9.17, 15) is 14.7 Å². The second kappa shape index (κ2) is 11.6. The third-order valence-corrected chi connectivity index (χ3v) is 6.09. The van der Waals surface area contributed by atoms with Crippen molar-refractivity contribution in [3.05, 3.63) is 107 Å². The standard InChI is InChI=1S/C29H26ClNO5/c1-35-29(34)26(31-28(33)25-17-21-4-2-3-5-22(21)18-27(25)32)16-20-8-12-24(13-9-20)36-15-14-19-6-10-23(30)11-7-19/h2-13,17-18,26,32H,14-16H2,1H3,(H,31,33). The highest BCUT2D eigenvalue weighted by Gasteiger charge is 2.24. The molecule has 0 fully saturated rings. The molecule has 0 aliphatic carbocycles. The van der Waals surface area contributed by atoms with Gasteiger partial charge in [-0.15, -0.1) is 0 Å². The molecule has 0 spiro atoms. The lowest BCUT2D eigenvalue weighted by molar-refractivity contribution is -0.142. The fraction of sp³-hybridized carbons (Fsp3) is 0.172. The molecule has 4 aromatic rings. The fourth-order valence-corrected chi connectivity index (χ4v) is 4.00. The summed E-state index contributed by atoms with van der Waals surface area (Å²) in [6.07, 6.45) is 0.967. The van der Waals surface area contributed by atoms with Crippen molar-refractivity contribution >= 4 is 34.2 Å². The van der Waals surface area contributed by atoms with Gasteiger partial charge in [0, 0.05) is 17.9 Å². The Hall–Kier alpha value is -4.03. The van der Waals surface area contributed by atoms with Crippen molar-refractivity contribution in [1.82, 2.24) is 5.32 Å². The van der Waals surface area contributed by atoms with Crippen LogP contribution < -0.4 is 10.1 Å². The van der Waals surface area contributed by atoms with Gasteiger partial charge in [0.15, 0.2) is 0 Å². The largest absolute Gasteiger partial charge is 0.507 e. The van der Waals surface area contributed by atoms with Crippen LogP contribution in [0.4, 0.5) is 0 Å². The van der Waals surface area contributed by atoms with E-state index in [1.165, 1.54) is 13.2 Å². The Morgan fingerprint density at radius 3 is 2.22 bits per heavy atom. The summed E-state index contributed by atoms with van der Waals surface area (Å²) in [7, 11) is 1.27. The number of ether oxygens (including phenoxy) is 2. The summed E-state index contributed by atoms with van der Waals surface area (Å²) in [6.45, 7) is 0.511. The lowest BCUT2D eigenvalue weighted by atomic mass is 10.0. The number of hydrogen-bond acceptors (Lipinski definition) is 5. The van der Waals surface area contributed by atoms with Crippen LogP contribution in [0.2, 0.25) is 5.02 Å². The van der Waals surface area contributed by atoms with Crippen LogP contribution >= 0.6 is 11.6 Å². The molecule has 0 heterocycles. The predicted molar refractivity (Wildman–Crippen MR) is 140 cm³/mol. The number of carbonyl (C=O) groups excluding carboxylic acids is 2. The molecule has 184 valence electrons. The molecule has 1 amide bonds. The van der Waals surface area contributed by atoms with Crippen LogP contribution in [0.1, 0.15) is 21.5 Å². The van der Waals surface area contributed by atoms with Crippen LogP contribution in [-0.4, -0.2) is 36.7 Å². The van der Waals surface area contributed by atoms with Crippen LogP contribution in [0.5, 0.6) is 11.5 Å². The highest BCUT2D eigenvalue weighted by molar-refractivity contribution is 6.30. The minimum Gasteiger partial charge on any atom is -0.507 e. The highest BCUT2D eigenvalue weighted by Crippen LogP contribution is 2.25. The number of phenolic OH excluding ortho intramolecular Hbond substituents is 1. The van der Waals surface area contributed by atoms with E-state index >= 15 is 0 Å². The molecule has 36 heavy (non-hydrogen) atoms. The van der Waals surface area contributed by atoms with Crippen LogP contribution in [0, 0.1) is 0 Å². The van der Waals surface area contributed by atoms with E-state index in [4.69, 9.17) is 21.1 Å². The predicted octanol–water partition coefficient (Wildman–Crippen LogP) is 5.33. The molecule has 2 N–H and O–H groups in total. The maximum atomic E-state index is 12.9. The molecule has 7 heteroatoms. The Morgan fingerprint density at radius 1 is 0.917 bits per heavy atom. The van der Waals surface area contributed by atoms with Crippen LogP contribution in [0.15, 0.2) is 84.9 Å². The summed E-state index contributed by atoms with van der Waals surface area (Å²) in [6, 6.07) is 24.6. The molecule has 0 radical (unpaired) electrons. The van der Waals surface area contributed by atoms with Gasteiger partial charge in [-0.2, -0.15) is 0 Å². The molecule has 6 nitrogen and oxygen atoms in total. The van der Waals surface area contributed by atoms with Crippen LogP contribution in [0.3, 0.4) is 0 Å². The van der Waals surface area contributed by atoms with Crippen LogP contribution in [0.25, 0.3) is 10.8 Å². The summed E-state index contributed by atoms with van der Waals surface area (Å²) >= 11 is 5.91. The minimum absolute atomic E-state index is 0.0899. The normalized spacial score (nSPS) is 11.6. The first-order chi connectivity index (χ1) is 17.4. The molecule has 0 aliphatic heterocycles. The monoisotopic (exact) mass is 503 g/mol. The van der Waals surface area contributed by atoms with E-state index in [0.29, 0.717) is 17.4 Å². The molecule has 1 unspecified atom stereocenters. The Labute approximate surface area is 214 Å². The summed E-state index contributed by atoms with van der Waals surface area (Å²) in [5.41, 5.74) is 2.04. The molecule has 4 aromatic carbocycles. The SMILES string of the molecule is COC(=O)C(Cc1ccc(OCCc2ccc(Cl)cc2)cc1)NC(=O)c1cc2ccccc2cc1O. The van der Waals surface area contributed by atoms with Gasteiger partial charge in [-0.3, -0.25) is 4.79 Å². The zero-order valence-corrected chi connectivity index (χ0v) is 20.5. The number of methoxy groups -OCH3 is 1. The third kappa shape index (κ3) is 6.34. The van der Waals surface area contributed by atoms with Crippen molar-refractivity contribution in [3.8, 4) is 11.5 Å². The first-order valence-electron chi connectivity index (χ1n) is 11.5. The first-order valence-corrected chi connectivity index (χ1v) is 11.9. The second-order valence-corrected chi connectivity index (χ2v) is 8.78. The molecular weight excluding hydrogens is 478 g/mol. The minimum atomic E-state index is -0.926. The van der Waals surface area contributed by atoms with Crippen molar-refractivity contribution in [1.29, 1.82) is 0 Å². The summed E-state index contributed by atoms with van der Waals surface area (Å²) < 4.78 is 10.7. The average molecular weight is 504 g/mol. The molecular formula is C29H26ClNO5. The number of esters is 1.